The molecule has 2 heteroatoms. The first kappa shape index (κ1) is 11.8. The molecule has 0 aliphatic carbocycles. The van der Waals surface area contributed by atoms with Gasteiger partial charge in [-0.25, -0.2) is 0 Å². The van der Waals surface area contributed by atoms with Crippen LogP contribution in [0.2, 0.25) is 0 Å². The van der Waals surface area contributed by atoms with Crippen molar-refractivity contribution in [3.63, 3.8) is 0 Å². The van der Waals surface area contributed by atoms with Crippen LogP contribution in [0.5, 0.6) is 0 Å². The molecule has 0 saturated heterocycles. The normalized spacial score (nSPS) is 12.8. The Hall–Kier alpha value is -0.210. The van der Waals surface area contributed by atoms with E-state index < -0.39 is 0 Å². The molecule has 12 heavy (non-hydrogen) atoms. The first-order chi connectivity index (χ1) is 5.49. The third-order valence-electron chi connectivity index (χ3n) is 1.89. The average molecular weight is 185 g/mol. The highest BCUT2D eigenvalue weighted by molar-refractivity contribution is 7.80. The van der Waals surface area contributed by atoms with Crippen LogP contribution in [0.4, 0.5) is 0 Å². The maximum absolute atomic E-state index is 4.46. The molecule has 0 fully saturated rings. The Morgan fingerprint density at radius 3 is 2.25 bits per heavy atom. The quantitative estimate of drug-likeness (QED) is 0.400. The Morgan fingerprint density at radius 1 is 1.50 bits per heavy atom. The summed E-state index contributed by atoms with van der Waals surface area (Å²) in [4.78, 5) is 2.09. The predicted octanol–water partition coefficient (Wildman–Crippen LogP) is 2.72. The Labute approximate surface area is 81.6 Å². The third-order valence-corrected chi connectivity index (χ3v) is 2.53. The minimum atomic E-state index is 0.285. The summed E-state index contributed by atoms with van der Waals surface area (Å²) in [6, 6.07) is 0. The largest absolute Gasteiger partial charge is 0.298 e. The number of rotatable bonds is 4. The van der Waals surface area contributed by atoms with Crippen LogP contribution in [0.15, 0.2) is 23.8 Å². The van der Waals surface area contributed by atoms with Crippen molar-refractivity contribution < 1.29 is 0 Å². The highest BCUT2D eigenvalue weighted by Gasteiger charge is 2.07. The molecule has 70 valence electrons. The molecular formula is C10H19NS. The van der Waals surface area contributed by atoms with Gasteiger partial charge in [0.25, 0.3) is 0 Å². The van der Waals surface area contributed by atoms with Crippen molar-refractivity contribution in [1.29, 1.82) is 0 Å². The van der Waals surface area contributed by atoms with Crippen LogP contribution in [-0.2, 0) is 0 Å². The molecule has 0 saturated carbocycles. The summed E-state index contributed by atoms with van der Waals surface area (Å²) in [6.07, 6.45) is 2.88. The van der Waals surface area contributed by atoms with Crippen molar-refractivity contribution in [2.45, 2.75) is 25.6 Å². The second kappa shape index (κ2) is 5.44. The fourth-order valence-electron chi connectivity index (χ4n) is 0.871. The molecule has 0 bridgehead atoms. The number of nitrogens with zero attached hydrogens (tertiary/aromatic N) is 1. The summed E-state index contributed by atoms with van der Waals surface area (Å²) in [5.41, 5.74) is 2.62. The molecule has 0 aliphatic rings. The van der Waals surface area contributed by atoms with Gasteiger partial charge >= 0.3 is 0 Å². The molecule has 0 N–H and O–H groups in total. The zero-order valence-electron chi connectivity index (χ0n) is 8.46. The van der Waals surface area contributed by atoms with Crippen LogP contribution in [0.3, 0.4) is 0 Å². The molecule has 0 heterocycles. The highest BCUT2D eigenvalue weighted by atomic mass is 32.1. The molecule has 0 aromatic rings. The van der Waals surface area contributed by atoms with Crippen molar-refractivity contribution >= 4 is 12.6 Å². The molecule has 0 aromatic heterocycles. The van der Waals surface area contributed by atoms with E-state index in [0.29, 0.717) is 0 Å². The molecule has 1 unspecified atom stereocenters. The lowest BCUT2D eigenvalue weighted by Crippen LogP contribution is -2.22. The van der Waals surface area contributed by atoms with E-state index in [1.54, 1.807) is 0 Å². The topological polar surface area (TPSA) is 3.24 Å². The fraction of sp³-hybridized carbons (Fsp3) is 0.600. The van der Waals surface area contributed by atoms with Gasteiger partial charge in [-0.1, -0.05) is 18.2 Å². The standard InChI is InChI=1S/C10H19NS/c1-6-9(8(2)3)7-10(12)11(4)5/h6,10,12H,1,7H2,2-5H3. The fourth-order valence-corrected chi connectivity index (χ4v) is 1.07. The van der Waals surface area contributed by atoms with E-state index in [2.05, 4.69) is 38.0 Å². The second-order valence-corrected chi connectivity index (χ2v) is 3.97. The molecule has 1 atom stereocenters. The van der Waals surface area contributed by atoms with Gasteiger partial charge in [-0.2, -0.15) is 12.6 Å². The minimum absolute atomic E-state index is 0.285. The molecule has 0 aromatic carbocycles. The maximum atomic E-state index is 4.46. The van der Waals surface area contributed by atoms with Crippen LogP contribution in [0.1, 0.15) is 20.3 Å². The second-order valence-electron chi connectivity index (χ2n) is 3.38. The number of hydrogen-bond acceptors (Lipinski definition) is 2. The Bertz CT molecular complexity index is 178. The lowest BCUT2D eigenvalue weighted by Gasteiger charge is -2.19. The van der Waals surface area contributed by atoms with Gasteiger partial charge in [0.05, 0.1) is 5.37 Å². The first-order valence-electron chi connectivity index (χ1n) is 4.12. The minimum Gasteiger partial charge on any atom is -0.298 e. The van der Waals surface area contributed by atoms with E-state index in [0.717, 1.165) is 6.42 Å². The molecule has 1 nitrogen and oxygen atoms in total. The van der Waals surface area contributed by atoms with Crippen molar-refractivity contribution in [2.24, 2.45) is 0 Å². The van der Waals surface area contributed by atoms with Gasteiger partial charge in [-0.3, -0.25) is 4.90 Å². The van der Waals surface area contributed by atoms with E-state index >= 15 is 0 Å². The third kappa shape index (κ3) is 3.98. The van der Waals surface area contributed by atoms with Crippen molar-refractivity contribution in [2.75, 3.05) is 14.1 Å². The zero-order chi connectivity index (χ0) is 9.72. The van der Waals surface area contributed by atoms with E-state index in [4.69, 9.17) is 0 Å². The Kier molecular flexibility index (Phi) is 5.34. The van der Waals surface area contributed by atoms with Gasteiger partial charge in [0.1, 0.15) is 0 Å². The SMILES string of the molecule is C=CC(CC(S)N(C)C)=C(C)C. The smallest absolute Gasteiger partial charge is 0.0563 e. The molecule has 0 rings (SSSR count). The maximum Gasteiger partial charge on any atom is 0.0563 e. The van der Waals surface area contributed by atoms with Gasteiger partial charge in [-0.15, -0.1) is 0 Å². The van der Waals surface area contributed by atoms with Crippen LogP contribution >= 0.6 is 12.6 Å². The monoisotopic (exact) mass is 185 g/mol. The summed E-state index contributed by atoms with van der Waals surface area (Å²) in [6.45, 7) is 7.99. The number of thiol groups is 1. The lowest BCUT2D eigenvalue weighted by atomic mass is 10.1. The van der Waals surface area contributed by atoms with E-state index in [1.165, 1.54) is 11.1 Å². The summed E-state index contributed by atoms with van der Waals surface area (Å²) < 4.78 is 0. The van der Waals surface area contributed by atoms with Crippen molar-refractivity contribution in [3.05, 3.63) is 23.8 Å². The summed E-state index contributed by atoms with van der Waals surface area (Å²) in [7, 11) is 4.06. The molecular weight excluding hydrogens is 166 g/mol. The summed E-state index contributed by atoms with van der Waals surface area (Å²) in [5.74, 6) is 0. The van der Waals surface area contributed by atoms with Crippen molar-refractivity contribution in [1.82, 2.24) is 4.90 Å². The van der Waals surface area contributed by atoms with E-state index in [-0.39, 0.29) is 5.37 Å². The van der Waals surface area contributed by atoms with E-state index in [9.17, 15) is 0 Å². The molecule has 0 spiro atoms. The molecule has 0 amide bonds. The van der Waals surface area contributed by atoms with E-state index in [1.807, 2.05) is 20.2 Å². The van der Waals surface area contributed by atoms with Gasteiger partial charge in [-0.05, 0) is 39.9 Å². The zero-order valence-corrected chi connectivity index (χ0v) is 9.36. The lowest BCUT2D eigenvalue weighted by molar-refractivity contribution is 0.383. The molecule has 0 aliphatic heterocycles. The predicted molar refractivity (Wildman–Crippen MR) is 59.6 cm³/mol. The average Bonchev–Trinajstić information content (AvgIpc) is 1.98. The van der Waals surface area contributed by atoms with Gasteiger partial charge in [0.2, 0.25) is 0 Å². The first-order valence-corrected chi connectivity index (χ1v) is 4.64. The van der Waals surface area contributed by atoms with Gasteiger partial charge in [0, 0.05) is 0 Å². The number of hydrogen-bond donors (Lipinski definition) is 1. The van der Waals surface area contributed by atoms with Gasteiger partial charge < -0.3 is 0 Å². The van der Waals surface area contributed by atoms with Crippen LogP contribution in [0, 0.1) is 0 Å². The van der Waals surface area contributed by atoms with Crippen LogP contribution < -0.4 is 0 Å². The van der Waals surface area contributed by atoms with Crippen LogP contribution in [0.25, 0.3) is 0 Å². The highest BCUT2D eigenvalue weighted by Crippen LogP contribution is 2.16. The van der Waals surface area contributed by atoms with Gasteiger partial charge in [0.15, 0.2) is 0 Å². The van der Waals surface area contributed by atoms with Crippen LogP contribution in [-0.4, -0.2) is 24.4 Å². The Balaban J connectivity index is 4.23. The van der Waals surface area contributed by atoms with Crippen molar-refractivity contribution in [3.8, 4) is 0 Å². The number of allylic oxidation sites excluding steroid dienone is 2. The summed E-state index contributed by atoms with van der Waals surface area (Å²) in [5, 5.41) is 0.285. The molecule has 0 radical (unpaired) electrons. The Morgan fingerprint density at radius 2 is 2.00 bits per heavy atom. The summed E-state index contributed by atoms with van der Waals surface area (Å²) >= 11 is 4.46.